The molecule has 1 aromatic heterocycles. The maximum Gasteiger partial charge on any atom is 0.153 e. The fourth-order valence-corrected chi connectivity index (χ4v) is 1.96. The molecule has 0 atom stereocenters. The Morgan fingerprint density at radius 3 is 2.72 bits per heavy atom. The Morgan fingerprint density at radius 2 is 2.06 bits per heavy atom. The summed E-state index contributed by atoms with van der Waals surface area (Å²) in [5.41, 5.74) is 0.727. The highest BCUT2D eigenvalue weighted by molar-refractivity contribution is 5.76. The van der Waals surface area contributed by atoms with Gasteiger partial charge in [-0.05, 0) is 6.07 Å². The molecule has 0 saturated heterocycles. The van der Waals surface area contributed by atoms with E-state index in [1.165, 1.54) is 6.07 Å². The first-order valence-electron chi connectivity index (χ1n) is 6.02. The molecule has 0 bridgehead atoms. The van der Waals surface area contributed by atoms with Crippen molar-refractivity contribution in [1.29, 1.82) is 0 Å². The zero-order valence-electron chi connectivity index (χ0n) is 10.8. The number of nitrogens with one attached hydrogen (secondary N) is 1. The highest BCUT2D eigenvalue weighted by Gasteiger charge is 2.13. The van der Waals surface area contributed by atoms with Crippen LogP contribution in [0.15, 0.2) is 12.1 Å². The first-order chi connectivity index (χ1) is 8.49. The molecule has 0 aliphatic heterocycles. The molecule has 3 nitrogen and oxygen atoms in total. The van der Waals surface area contributed by atoms with Gasteiger partial charge in [0, 0.05) is 32.1 Å². The number of hydrogen-bond acceptors (Lipinski definition) is 2. The first-order valence-corrected chi connectivity index (χ1v) is 6.02. The normalized spacial score (nSPS) is 11.7. The zero-order valence-corrected chi connectivity index (χ0v) is 10.8. The number of rotatable bonds is 4. The summed E-state index contributed by atoms with van der Waals surface area (Å²) in [7, 11) is 1.78. The van der Waals surface area contributed by atoms with Gasteiger partial charge in [-0.15, -0.1) is 0 Å². The van der Waals surface area contributed by atoms with E-state index in [1.54, 1.807) is 11.6 Å². The third kappa shape index (κ3) is 2.51. The lowest BCUT2D eigenvalue weighted by atomic mass is 10.3. The lowest BCUT2D eigenvalue weighted by Crippen LogP contribution is -2.25. The molecule has 0 aliphatic carbocycles. The van der Waals surface area contributed by atoms with Gasteiger partial charge in [0.1, 0.15) is 17.2 Å². The molecule has 5 heteroatoms. The number of aromatic nitrogens is 2. The summed E-state index contributed by atoms with van der Waals surface area (Å²) in [5.74, 6) is -0.429. The molecule has 2 aromatic rings. The Bertz CT molecular complexity index is 561. The molecule has 2 rings (SSSR count). The molecule has 0 radical (unpaired) electrons. The molecule has 0 amide bonds. The van der Waals surface area contributed by atoms with E-state index in [1.807, 2.05) is 0 Å². The van der Waals surface area contributed by atoms with E-state index in [2.05, 4.69) is 24.1 Å². The van der Waals surface area contributed by atoms with Crippen LogP contribution < -0.4 is 5.32 Å². The number of nitrogens with zero attached hydrogens (tertiary/aromatic N) is 2. The van der Waals surface area contributed by atoms with Crippen LogP contribution in [0.25, 0.3) is 11.0 Å². The van der Waals surface area contributed by atoms with Gasteiger partial charge in [0.05, 0.1) is 5.52 Å². The standard InChI is InChI=1S/C13H17F2N3/c1-8(2)16-5-4-12-17-13-10(15)6-9(14)7-11(13)18(12)3/h6-8,16H,4-5H2,1-3H3. The molecular formula is C13H17F2N3. The summed E-state index contributed by atoms with van der Waals surface area (Å²) < 4.78 is 28.5. The van der Waals surface area contributed by atoms with Crippen molar-refractivity contribution >= 4 is 11.0 Å². The number of aryl methyl sites for hydroxylation is 1. The van der Waals surface area contributed by atoms with Crippen molar-refractivity contribution in [1.82, 2.24) is 14.9 Å². The fraction of sp³-hybridized carbons (Fsp3) is 0.462. The van der Waals surface area contributed by atoms with E-state index >= 15 is 0 Å². The smallest absolute Gasteiger partial charge is 0.153 e. The molecule has 0 saturated carbocycles. The molecule has 0 unspecified atom stereocenters. The SMILES string of the molecule is CC(C)NCCc1nc2c(F)cc(F)cc2n1C. The van der Waals surface area contributed by atoms with Gasteiger partial charge in [0.2, 0.25) is 0 Å². The molecule has 1 N–H and O–H groups in total. The highest BCUT2D eigenvalue weighted by Crippen LogP contribution is 2.20. The fourth-order valence-electron chi connectivity index (χ4n) is 1.96. The van der Waals surface area contributed by atoms with E-state index in [0.29, 0.717) is 18.0 Å². The van der Waals surface area contributed by atoms with Gasteiger partial charge in [-0.3, -0.25) is 0 Å². The molecule has 0 fully saturated rings. The summed E-state index contributed by atoms with van der Waals surface area (Å²) >= 11 is 0. The Kier molecular flexibility index (Phi) is 3.61. The maximum atomic E-state index is 13.6. The summed E-state index contributed by atoms with van der Waals surface area (Å²) in [4.78, 5) is 4.23. The Balaban J connectivity index is 2.30. The number of halogens is 2. The van der Waals surface area contributed by atoms with Crippen molar-refractivity contribution in [3.8, 4) is 0 Å². The van der Waals surface area contributed by atoms with E-state index in [4.69, 9.17) is 0 Å². The Hall–Kier alpha value is -1.49. The predicted molar refractivity (Wildman–Crippen MR) is 67.5 cm³/mol. The summed E-state index contributed by atoms with van der Waals surface area (Å²) in [6, 6.07) is 2.57. The quantitative estimate of drug-likeness (QED) is 0.906. The Morgan fingerprint density at radius 1 is 1.33 bits per heavy atom. The van der Waals surface area contributed by atoms with Crippen molar-refractivity contribution in [2.75, 3.05) is 6.54 Å². The van der Waals surface area contributed by atoms with E-state index < -0.39 is 11.6 Å². The van der Waals surface area contributed by atoms with Crippen molar-refractivity contribution in [3.63, 3.8) is 0 Å². The molecule has 1 heterocycles. The minimum Gasteiger partial charge on any atom is -0.331 e. The van der Waals surface area contributed by atoms with Crippen LogP contribution in [0.3, 0.4) is 0 Å². The summed E-state index contributed by atoms with van der Waals surface area (Å²) in [5, 5.41) is 3.27. The zero-order chi connectivity index (χ0) is 13.3. The largest absolute Gasteiger partial charge is 0.331 e. The lowest BCUT2D eigenvalue weighted by molar-refractivity contribution is 0.578. The maximum absolute atomic E-state index is 13.6. The molecule has 98 valence electrons. The van der Waals surface area contributed by atoms with E-state index in [9.17, 15) is 8.78 Å². The third-order valence-electron chi connectivity index (χ3n) is 2.90. The monoisotopic (exact) mass is 253 g/mol. The van der Waals surface area contributed by atoms with Gasteiger partial charge >= 0.3 is 0 Å². The van der Waals surface area contributed by atoms with E-state index in [0.717, 1.165) is 18.4 Å². The molecule has 0 aliphatic rings. The molecule has 1 aromatic carbocycles. The second kappa shape index (κ2) is 5.02. The average molecular weight is 253 g/mol. The van der Waals surface area contributed by atoms with Crippen LogP contribution in [0.4, 0.5) is 8.78 Å². The molecule has 0 spiro atoms. The Labute approximate surface area is 105 Å². The summed E-state index contributed by atoms with van der Waals surface area (Å²) in [6.45, 7) is 4.88. The minimum atomic E-state index is -0.608. The van der Waals surface area contributed by atoms with Crippen LogP contribution in [-0.2, 0) is 13.5 Å². The van der Waals surface area contributed by atoms with Crippen LogP contribution in [0, 0.1) is 11.6 Å². The van der Waals surface area contributed by atoms with E-state index in [-0.39, 0.29) is 5.52 Å². The predicted octanol–water partition coefficient (Wildman–Crippen LogP) is 2.39. The van der Waals surface area contributed by atoms with Gasteiger partial charge in [0.25, 0.3) is 0 Å². The van der Waals surface area contributed by atoms with Gasteiger partial charge < -0.3 is 9.88 Å². The second-order valence-corrected chi connectivity index (χ2v) is 4.70. The molecule has 18 heavy (non-hydrogen) atoms. The first kappa shape index (κ1) is 13.0. The van der Waals surface area contributed by atoms with Gasteiger partial charge in [-0.25, -0.2) is 13.8 Å². The summed E-state index contributed by atoms with van der Waals surface area (Å²) in [6.07, 6.45) is 0.685. The van der Waals surface area contributed by atoms with Gasteiger partial charge in [-0.1, -0.05) is 13.8 Å². The van der Waals surface area contributed by atoms with Crippen LogP contribution in [-0.4, -0.2) is 22.1 Å². The topological polar surface area (TPSA) is 29.9 Å². The van der Waals surface area contributed by atoms with Crippen LogP contribution in [0.1, 0.15) is 19.7 Å². The van der Waals surface area contributed by atoms with Crippen LogP contribution >= 0.6 is 0 Å². The van der Waals surface area contributed by atoms with Gasteiger partial charge in [-0.2, -0.15) is 0 Å². The second-order valence-electron chi connectivity index (χ2n) is 4.70. The number of fused-ring (bicyclic) bond motifs is 1. The van der Waals surface area contributed by atoms with Crippen LogP contribution in [0.5, 0.6) is 0 Å². The van der Waals surface area contributed by atoms with Crippen molar-refractivity contribution in [3.05, 3.63) is 29.6 Å². The highest BCUT2D eigenvalue weighted by atomic mass is 19.1. The number of hydrogen-bond donors (Lipinski definition) is 1. The number of imidazole rings is 1. The molecular weight excluding hydrogens is 236 g/mol. The number of benzene rings is 1. The van der Waals surface area contributed by atoms with Crippen LogP contribution in [0.2, 0.25) is 0 Å². The third-order valence-corrected chi connectivity index (χ3v) is 2.90. The van der Waals surface area contributed by atoms with Crippen molar-refractivity contribution < 1.29 is 8.78 Å². The van der Waals surface area contributed by atoms with Crippen molar-refractivity contribution in [2.45, 2.75) is 26.3 Å². The lowest BCUT2D eigenvalue weighted by Gasteiger charge is -2.07. The average Bonchev–Trinajstić information content (AvgIpc) is 2.57. The van der Waals surface area contributed by atoms with Crippen molar-refractivity contribution in [2.24, 2.45) is 7.05 Å². The van der Waals surface area contributed by atoms with Gasteiger partial charge in [0.15, 0.2) is 5.82 Å². The minimum absolute atomic E-state index is 0.235.